The summed E-state index contributed by atoms with van der Waals surface area (Å²) in [5.74, 6) is -7.04. The number of likely N-dealkylation sites (N-methyl/N-ethyl adjacent to an activating group) is 1. The Morgan fingerprint density at radius 3 is 2.31 bits per heavy atom. The number of quaternary nitrogens is 1. The largest absolute Gasteiger partial charge is 1.00 e. The second kappa shape index (κ2) is 14.8. The Hall–Kier alpha value is -3.47. The number of hydrogen-bond acceptors (Lipinski definition) is 17. The molecule has 1 unspecified atom stereocenters. The van der Waals surface area contributed by atoms with Crippen molar-refractivity contribution >= 4 is 75.1 Å². The molecule has 1 aromatic heterocycles. The molecule has 1 aromatic carbocycles. The number of aromatic hydroxyl groups is 2. The zero-order chi connectivity index (χ0) is 39.9. The number of carbonyl (C=O) groups excluding carboxylic acids is 5. The van der Waals surface area contributed by atoms with E-state index in [1.165, 1.54) is 42.0 Å². The molecule has 55 heavy (non-hydrogen) atoms. The number of Topliss-reactive ketones (excluding diaryl/α,β-unsaturated/α-hetero) is 1. The van der Waals surface area contributed by atoms with Crippen molar-refractivity contribution in [2.45, 2.75) is 54.5 Å². The molecule has 4 aliphatic rings. The number of aliphatic carboxylic acids is 2. The first-order valence-corrected chi connectivity index (χ1v) is 18.8. The Morgan fingerprint density at radius 1 is 1.16 bits per heavy atom. The number of thiazole rings is 1. The van der Waals surface area contributed by atoms with Crippen LogP contribution in [0.3, 0.4) is 0 Å². The zero-order valence-electron chi connectivity index (χ0n) is 30.5. The van der Waals surface area contributed by atoms with Gasteiger partial charge in [0.2, 0.25) is 5.91 Å². The first-order valence-electron chi connectivity index (χ1n) is 16.6. The number of carbonyl (C=O) groups is 5. The average molecular weight is 829 g/mol. The molecule has 8 N–H and O–H groups in total. The van der Waals surface area contributed by atoms with E-state index in [4.69, 9.17) is 33.6 Å². The van der Waals surface area contributed by atoms with Crippen molar-refractivity contribution < 1.29 is 83.3 Å². The number of amides is 2. The Balaban J connectivity index is 0.00000580. The van der Waals surface area contributed by atoms with Crippen molar-refractivity contribution in [3.05, 3.63) is 45.1 Å². The van der Waals surface area contributed by atoms with Crippen LogP contribution in [0.25, 0.3) is 0 Å². The molecule has 6 atom stereocenters. The molecule has 0 radical (unpaired) electrons. The molecule has 0 saturated carbocycles. The maximum absolute atomic E-state index is 13.6. The van der Waals surface area contributed by atoms with Gasteiger partial charge in [-0.05, 0) is 32.9 Å². The van der Waals surface area contributed by atoms with E-state index in [9.17, 15) is 44.4 Å². The third-order valence-corrected chi connectivity index (χ3v) is 12.9. The third kappa shape index (κ3) is 7.55. The second-order valence-electron chi connectivity index (χ2n) is 15.1. The van der Waals surface area contributed by atoms with E-state index in [0.717, 1.165) is 22.3 Å². The minimum absolute atomic E-state index is 0. The Kier molecular flexibility index (Phi) is 11.5. The van der Waals surface area contributed by atoms with E-state index < -0.39 is 80.7 Å². The maximum Gasteiger partial charge on any atom is 1.00 e. The van der Waals surface area contributed by atoms with E-state index in [1.807, 2.05) is 7.05 Å². The molecular weight excluding hydrogens is 791 g/mol. The number of carboxylic acid groups (broad SMARTS) is 2. The SMILES string of the molecule is C[C@@H]1S[C@@H]2[C@H](CC(=O)/C(=N\OC(C)(C)C(=O)[O-])c3csc(N)n3)C(=O)N2C(C(=O)[O-])=C1C[N+]1(C)C[C@]2(N)CN(C(=O)c3cc(O)c(O)c(Cl)c3)C[C@]2(N)C1.[Na+]. The average Bonchev–Trinajstić information content (AvgIpc) is 3.66. The molecular formula is C33H38ClN8NaO10S2. The standard InChI is InChI=1S/C33H39ClN8O10S2.Na/c1-14-17(8-42(4)12-32(36)10-40(11-33(32,37)13-42)25(46)15-5-18(34)24(45)21(44)6-15)23(28(48)49)41-26(47)16(27(41)54-14)7-20(43)22(19-9-53-30(35)38-19)39-52-31(2,3)29(50)51;/h5-6,9,14,16,27H,7-8,10-13,36-37H2,1-4H3,(H5-,35,38,39,43,44,45,46,48,49,50,51);/q;+1/p-1/t14-,16+,27+,32-,33+,42?;/m0./s1. The predicted molar refractivity (Wildman–Crippen MR) is 191 cm³/mol. The Bertz CT molecular complexity index is 2020. The number of fused-ring (bicyclic) bond motifs is 2. The number of nitrogens with zero attached hydrogens (tertiary/aromatic N) is 5. The van der Waals surface area contributed by atoms with Crippen molar-refractivity contribution in [3.63, 3.8) is 0 Å². The first kappa shape index (κ1) is 42.7. The van der Waals surface area contributed by atoms with E-state index in [0.29, 0.717) is 5.57 Å². The van der Waals surface area contributed by atoms with Crippen LogP contribution in [-0.2, 0) is 24.0 Å². The number of nitrogens with two attached hydrogens (primary N) is 3. The summed E-state index contributed by atoms with van der Waals surface area (Å²) in [6.07, 6.45) is -0.412. The van der Waals surface area contributed by atoms with Gasteiger partial charge in [-0.3, -0.25) is 19.3 Å². The molecule has 0 aliphatic carbocycles. The van der Waals surface area contributed by atoms with Gasteiger partial charge in [0.05, 0.1) is 41.0 Å². The molecule has 3 saturated heterocycles. The van der Waals surface area contributed by atoms with Crippen LogP contribution in [0.15, 0.2) is 33.9 Å². The number of phenolic OH excluding ortho intramolecular Hbond substituents is 2. The number of halogens is 1. The number of ketones is 1. The molecule has 22 heteroatoms. The van der Waals surface area contributed by atoms with Crippen molar-refractivity contribution in [2.24, 2.45) is 22.5 Å². The molecule has 5 heterocycles. The number of β-lactam (4-membered cyclic amide) rings is 1. The molecule has 290 valence electrons. The fourth-order valence-electron chi connectivity index (χ4n) is 7.75. The molecule has 3 fully saturated rings. The fraction of sp³-hybridized carbons (Fsp3) is 0.485. The van der Waals surface area contributed by atoms with Crippen LogP contribution in [0.4, 0.5) is 5.13 Å². The fourth-order valence-corrected chi connectivity index (χ4v) is 10.0. The van der Waals surface area contributed by atoms with Crippen LogP contribution in [0.2, 0.25) is 5.02 Å². The molecule has 4 aliphatic heterocycles. The summed E-state index contributed by atoms with van der Waals surface area (Å²) in [5, 5.41) is 47.9. The maximum atomic E-state index is 13.6. The van der Waals surface area contributed by atoms with Crippen molar-refractivity contribution in [3.8, 4) is 11.5 Å². The second-order valence-corrected chi connectivity index (χ2v) is 17.8. The number of aromatic nitrogens is 1. The number of nitrogen functional groups attached to an aromatic ring is 1. The molecule has 6 rings (SSSR count). The topological polar surface area (TPSA) is 291 Å². The number of phenols is 2. The van der Waals surface area contributed by atoms with Crippen LogP contribution in [0.5, 0.6) is 11.5 Å². The van der Waals surface area contributed by atoms with E-state index in [-0.39, 0.29) is 99.6 Å². The normalized spacial score (nSPS) is 29.0. The van der Waals surface area contributed by atoms with Crippen molar-refractivity contribution in [2.75, 3.05) is 45.5 Å². The van der Waals surface area contributed by atoms with Crippen LogP contribution in [0, 0.1) is 5.92 Å². The molecule has 18 nitrogen and oxygen atoms in total. The van der Waals surface area contributed by atoms with Gasteiger partial charge in [-0.2, -0.15) is 0 Å². The van der Waals surface area contributed by atoms with Gasteiger partial charge in [0, 0.05) is 41.3 Å². The summed E-state index contributed by atoms with van der Waals surface area (Å²) >= 11 is 8.28. The van der Waals surface area contributed by atoms with Gasteiger partial charge in [-0.1, -0.05) is 16.8 Å². The van der Waals surface area contributed by atoms with Gasteiger partial charge < -0.3 is 61.4 Å². The van der Waals surface area contributed by atoms with Crippen molar-refractivity contribution in [1.82, 2.24) is 14.8 Å². The number of rotatable bonds is 11. The minimum atomic E-state index is -1.90. The van der Waals surface area contributed by atoms with E-state index in [1.54, 1.807) is 6.92 Å². The van der Waals surface area contributed by atoms with Crippen LogP contribution in [-0.4, -0.2) is 132 Å². The smallest absolute Gasteiger partial charge is 0.546 e. The predicted octanol–water partition coefficient (Wildman–Crippen LogP) is -5.06. The van der Waals surface area contributed by atoms with Crippen LogP contribution < -0.4 is 57.0 Å². The summed E-state index contributed by atoms with van der Waals surface area (Å²) in [7, 11) is 1.87. The third-order valence-electron chi connectivity index (χ3n) is 10.4. The van der Waals surface area contributed by atoms with Gasteiger partial charge in [-0.25, -0.2) is 4.98 Å². The minimum Gasteiger partial charge on any atom is -0.546 e. The van der Waals surface area contributed by atoms with Gasteiger partial charge >= 0.3 is 29.6 Å². The van der Waals surface area contributed by atoms with Gasteiger partial charge in [-0.15, -0.1) is 23.1 Å². The van der Waals surface area contributed by atoms with Crippen molar-refractivity contribution in [1.29, 1.82) is 0 Å². The summed E-state index contributed by atoms with van der Waals surface area (Å²) in [4.78, 5) is 76.6. The monoisotopic (exact) mass is 828 g/mol. The summed E-state index contributed by atoms with van der Waals surface area (Å²) in [6.45, 7) is 4.86. The molecule has 2 amide bonds. The Morgan fingerprint density at radius 2 is 1.78 bits per heavy atom. The molecule has 2 aromatic rings. The number of carboxylic acids is 2. The van der Waals surface area contributed by atoms with Gasteiger partial charge in [0.1, 0.15) is 36.4 Å². The first-order chi connectivity index (χ1) is 25.0. The molecule has 0 spiro atoms. The van der Waals surface area contributed by atoms with Gasteiger partial charge in [0.25, 0.3) is 5.91 Å². The zero-order valence-corrected chi connectivity index (χ0v) is 34.9. The number of thioether (sulfide) groups is 1. The Labute approximate surface area is 350 Å². The number of oxime groups is 1. The summed E-state index contributed by atoms with van der Waals surface area (Å²) < 4.78 is 0.186. The quantitative estimate of drug-likeness (QED) is 0.0354. The summed E-state index contributed by atoms with van der Waals surface area (Å²) in [5.41, 5.74) is 15.3. The summed E-state index contributed by atoms with van der Waals surface area (Å²) in [6, 6.07) is 2.34. The van der Waals surface area contributed by atoms with Crippen LogP contribution >= 0.6 is 34.7 Å². The van der Waals surface area contributed by atoms with E-state index >= 15 is 0 Å². The number of benzene rings is 1. The van der Waals surface area contributed by atoms with Crippen LogP contribution in [0.1, 0.15) is 43.2 Å². The number of likely N-dealkylation sites (tertiary alicyclic amines) is 2. The number of hydrogen-bond donors (Lipinski definition) is 5. The number of anilines is 1. The van der Waals surface area contributed by atoms with Gasteiger partial charge in [0.15, 0.2) is 33.7 Å². The van der Waals surface area contributed by atoms with E-state index in [2.05, 4.69) is 10.1 Å². The molecule has 0 bridgehead atoms.